The van der Waals surface area contributed by atoms with Crippen molar-refractivity contribution >= 4 is 5.97 Å². The number of carboxylic acid groups (broad SMARTS) is 1. The average Bonchev–Trinajstić information content (AvgIpc) is 2.38. The lowest BCUT2D eigenvalue weighted by molar-refractivity contribution is -0.138. The van der Waals surface area contributed by atoms with Crippen molar-refractivity contribution in [2.45, 2.75) is 50.6 Å². The zero-order valence-electron chi connectivity index (χ0n) is 11.4. The van der Waals surface area contributed by atoms with E-state index in [1.54, 1.807) is 0 Å². The summed E-state index contributed by atoms with van der Waals surface area (Å²) in [6.07, 6.45) is 7.81. The molecule has 0 spiro atoms. The highest BCUT2D eigenvalue weighted by Gasteiger charge is 2.17. The molecule has 106 valence electrons. The first-order valence-electron chi connectivity index (χ1n) is 7.00. The number of hydrogen-bond donors (Lipinski definition) is 3. The van der Waals surface area contributed by atoms with E-state index in [2.05, 4.69) is 17.3 Å². The zero-order valence-corrected chi connectivity index (χ0v) is 11.4. The van der Waals surface area contributed by atoms with Gasteiger partial charge in [-0.1, -0.05) is 19.3 Å². The van der Waals surface area contributed by atoms with Crippen LogP contribution in [-0.2, 0) is 4.79 Å². The molecule has 0 heterocycles. The van der Waals surface area contributed by atoms with E-state index in [9.17, 15) is 4.79 Å². The summed E-state index contributed by atoms with van der Waals surface area (Å²) in [6.45, 7) is 2.25. The van der Waals surface area contributed by atoms with Gasteiger partial charge in [0.25, 0.3) is 0 Å². The molecule has 18 heavy (non-hydrogen) atoms. The summed E-state index contributed by atoms with van der Waals surface area (Å²) in [4.78, 5) is 12.9. The number of nitrogens with two attached hydrogens (primary N) is 1. The van der Waals surface area contributed by atoms with Gasteiger partial charge in [-0.15, -0.1) is 0 Å². The Morgan fingerprint density at radius 3 is 2.72 bits per heavy atom. The van der Waals surface area contributed by atoms with Crippen molar-refractivity contribution in [2.24, 2.45) is 5.73 Å². The number of nitrogens with zero attached hydrogens (tertiary/aromatic N) is 1. The van der Waals surface area contributed by atoms with Crippen molar-refractivity contribution < 1.29 is 9.90 Å². The molecule has 1 aliphatic carbocycles. The molecule has 5 heteroatoms. The lowest BCUT2D eigenvalue weighted by Crippen LogP contribution is -2.41. The Kier molecular flexibility index (Phi) is 7.23. The molecule has 0 aromatic rings. The highest BCUT2D eigenvalue weighted by molar-refractivity contribution is 5.73. The molecule has 1 atom stereocenters. The minimum absolute atomic E-state index is 0.350. The van der Waals surface area contributed by atoms with Gasteiger partial charge in [-0.3, -0.25) is 4.79 Å². The average molecular weight is 257 g/mol. The van der Waals surface area contributed by atoms with E-state index in [0.717, 1.165) is 25.6 Å². The third-order valence-corrected chi connectivity index (χ3v) is 3.74. The number of carboxylic acids is 1. The predicted octanol–water partition coefficient (Wildman–Crippen LogP) is 0.643. The van der Waals surface area contributed by atoms with Crippen LogP contribution < -0.4 is 11.1 Å². The highest BCUT2D eigenvalue weighted by atomic mass is 16.4. The van der Waals surface area contributed by atoms with Crippen LogP contribution in [0.5, 0.6) is 0 Å². The Hall–Kier alpha value is -0.650. The molecule has 1 fully saturated rings. The van der Waals surface area contributed by atoms with E-state index < -0.39 is 12.0 Å². The van der Waals surface area contributed by atoms with Crippen LogP contribution in [0.3, 0.4) is 0 Å². The molecule has 1 unspecified atom stereocenters. The van der Waals surface area contributed by atoms with E-state index in [0.29, 0.717) is 6.54 Å². The van der Waals surface area contributed by atoms with Crippen molar-refractivity contribution in [3.63, 3.8) is 0 Å². The Morgan fingerprint density at radius 1 is 1.44 bits per heavy atom. The summed E-state index contributed by atoms with van der Waals surface area (Å²) < 4.78 is 0. The Bertz CT molecular complexity index is 242. The minimum atomic E-state index is -0.943. The summed E-state index contributed by atoms with van der Waals surface area (Å²) in [6, 6.07) is -0.0406. The molecule has 1 rings (SSSR count). The smallest absolute Gasteiger partial charge is 0.321 e. The molecular weight excluding hydrogens is 230 g/mol. The summed E-state index contributed by atoms with van der Waals surface area (Å²) >= 11 is 0. The fourth-order valence-electron chi connectivity index (χ4n) is 2.50. The second-order valence-electron chi connectivity index (χ2n) is 5.27. The van der Waals surface area contributed by atoms with Crippen molar-refractivity contribution in [1.82, 2.24) is 10.2 Å². The van der Waals surface area contributed by atoms with Crippen LogP contribution in [0, 0.1) is 0 Å². The van der Waals surface area contributed by atoms with Gasteiger partial charge in [0.15, 0.2) is 0 Å². The lowest BCUT2D eigenvalue weighted by atomic mass is 9.94. The molecular formula is C13H27N3O2. The summed E-state index contributed by atoms with van der Waals surface area (Å²) in [5.41, 5.74) is 5.40. The lowest BCUT2D eigenvalue weighted by Gasteiger charge is -2.31. The first kappa shape index (κ1) is 15.4. The summed E-state index contributed by atoms with van der Waals surface area (Å²) in [5, 5.41) is 11.7. The van der Waals surface area contributed by atoms with Gasteiger partial charge in [0.1, 0.15) is 6.04 Å². The van der Waals surface area contributed by atoms with Crippen LogP contribution in [0.25, 0.3) is 0 Å². The maximum atomic E-state index is 10.5. The first-order chi connectivity index (χ1) is 8.61. The molecule has 1 saturated carbocycles. The number of rotatable bonds is 8. The highest BCUT2D eigenvalue weighted by Crippen LogP contribution is 2.21. The molecule has 0 aliphatic heterocycles. The quantitative estimate of drug-likeness (QED) is 0.556. The van der Waals surface area contributed by atoms with Crippen LogP contribution in [0.2, 0.25) is 0 Å². The maximum Gasteiger partial charge on any atom is 0.321 e. The van der Waals surface area contributed by atoms with Crippen LogP contribution >= 0.6 is 0 Å². The van der Waals surface area contributed by atoms with E-state index in [1.165, 1.54) is 32.1 Å². The topological polar surface area (TPSA) is 78.6 Å². The maximum absolute atomic E-state index is 10.5. The molecule has 0 amide bonds. The van der Waals surface area contributed by atoms with Crippen molar-refractivity contribution in [3.8, 4) is 0 Å². The van der Waals surface area contributed by atoms with Gasteiger partial charge in [0, 0.05) is 12.6 Å². The van der Waals surface area contributed by atoms with Gasteiger partial charge < -0.3 is 21.1 Å². The normalized spacial score (nSPS) is 19.1. The third-order valence-electron chi connectivity index (χ3n) is 3.74. The van der Waals surface area contributed by atoms with Crippen LogP contribution in [0.1, 0.15) is 38.5 Å². The molecule has 0 bridgehead atoms. The zero-order chi connectivity index (χ0) is 13.4. The van der Waals surface area contributed by atoms with E-state index >= 15 is 0 Å². The van der Waals surface area contributed by atoms with Gasteiger partial charge in [0.2, 0.25) is 0 Å². The van der Waals surface area contributed by atoms with E-state index in [4.69, 9.17) is 10.8 Å². The first-order valence-corrected chi connectivity index (χ1v) is 7.00. The Morgan fingerprint density at radius 2 is 2.11 bits per heavy atom. The van der Waals surface area contributed by atoms with E-state index in [1.807, 2.05) is 0 Å². The molecule has 1 aliphatic rings. The van der Waals surface area contributed by atoms with Gasteiger partial charge in [-0.05, 0) is 39.4 Å². The largest absolute Gasteiger partial charge is 0.480 e. The summed E-state index contributed by atoms with van der Waals surface area (Å²) in [5.74, 6) is -0.943. The van der Waals surface area contributed by atoms with Crippen LogP contribution in [-0.4, -0.2) is 54.7 Å². The molecule has 5 nitrogen and oxygen atoms in total. The van der Waals surface area contributed by atoms with Gasteiger partial charge in [0.05, 0.1) is 0 Å². The number of nitrogens with one attached hydrogen (secondary N) is 1. The molecule has 0 saturated heterocycles. The standard InChI is InChI=1S/C13H27N3O2/c1-16(11-6-3-2-4-7-11)9-5-8-15-10-12(14)13(17)18/h11-12,15H,2-10,14H2,1H3,(H,17,18). The Labute approximate surface area is 110 Å². The van der Waals surface area contributed by atoms with Gasteiger partial charge >= 0.3 is 5.97 Å². The SMILES string of the molecule is CN(CCCNCC(N)C(=O)O)C1CCCCC1. The fourth-order valence-corrected chi connectivity index (χ4v) is 2.50. The monoisotopic (exact) mass is 257 g/mol. The minimum Gasteiger partial charge on any atom is -0.480 e. The molecule has 0 radical (unpaired) electrons. The Balaban J connectivity index is 2.01. The molecule has 0 aromatic heterocycles. The number of hydrogen-bond acceptors (Lipinski definition) is 4. The predicted molar refractivity (Wildman–Crippen MR) is 72.6 cm³/mol. The van der Waals surface area contributed by atoms with Crippen molar-refractivity contribution in [2.75, 3.05) is 26.7 Å². The number of aliphatic carboxylic acids is 1. The van der Waals surface area contributed by atoms with Crippen molar-refractivity contribution in [3.05, 3.63) is 0 Å². The second kappa shape index (κ2) is 8.45. The van der Waals surface area contributed by atoms with Gasteiger partial charge in [-0.2, -0.15) is 0 Å². The molecule has 0 aromatic carbocycles. The summed E-state index contributed by atoms with van der Waals surface area (Å²) in [7, 11) is 2.19. The van der Waals surface area contributed by atoms with Crippen LogP contribution in [0.4, 0.5) is 0 Å². The fraction of sp³-hybridized carbons (Fsp3) is 0.923. The van der Waals surface area contributed by atoms with Crippen LogP contribution in [0.15, 0.2) is 0 Å². The molecule has 4 N–H and O–H groups in total. The third kappa shape index (κ3) is 5.80. The van der Waals surface area contributed by atoms with E-state index in [-0.39, 0.29) is 0 Å². The van der Waals surface area contributed by atoms with Crippen molar-refractivity contribution in [1.29, 1.82) is 0 Å². The van der Waals surface area contributed by atoms with Gasteiger partial charge in [-0.25, -0.2) is 0 Å². The second-order valence-corrected chi connectivity index (χ2v) is 5.27. The number of carbonyl (C=O) groups is 1.